The second kappa shape index (κ2) is 13.0. The molecular formula is C14H23ClIN3O2. The largest absolute Gasteiger partial charge is 0.492 e. The van der Waals surface area contributed by atoms with Crippen LogP contribution in [-0.4, -0.2) is 46.4 Å². The van der Waals surface area contributed by atoms with Crippen molar-refractivity contribution in [1.29, 1.82) is 0 Å². The summed E-state index contributed by atoms with van der Waals surface area (Å²) >= 11 is 5.88. The lowest BCUT2D eigenvalue weighted by molar-refractivity contribution is 0.195. The van der Waals surface area contributed by atoms with Crippen LogP contribution in [0.2, 0.25) is 5.02 Å². The maximum absolute atomic E-state index is 5.88. The lowest BCUT2D eigenvalue weighted by atomic mass is 10.3. The van der Waals surface area contributed by atoms with E-state index in [-0.39, 0.29) is 24.0 Å². The van der Waals surface area contributed by atoms with E-state index in [0.29, 0.717) is 18.2 Å². The van der Waals surface area contributed by atoms with Gasteiger partial charge in [-0.2, -0.15) is 0 Å². The van der Waals surface area contributed by atoms with Crippen LogP contribution in [0.5, 0.6) is 5.75 Å². The molecule has 0 saturated carbocycles. The number of hydrogen-bond donors (Lipinski definition) is 2. The molecule has 1 aromatic rings. The first-order chi connectivity index (χ1) is 9.76. The SMILES string of the molecule is CN=C(NCCCOC)NCCOc1cccc(Cl)c1.I. The molecule has 0 heterocycles. The second-order valence-corrected chi connectivity index (χ2v) is 4.51. The van der Waals surface area contributed by atoms with Gasteiger partial charge >= 0.3 is 0 Å². The molecule has 5 nitrogen and oxygen atoms in total. The molecule has 7 heteroatoms. The van der Waals surface area contributed by atoms with Crippen LogP contribution in [-0.2, 0) is 4.74 Å². The highest BCUT2D eigenvalue weighted by Gasteiger charge is 1.98. The molecule has 0 aliphatic rings. The van der Waals surface area contributed by atoms with E-state index in [1.165, 1.54) is 0 Å². The van der Waals surface area contributed by atoms with E-state index in [4.69, 9.17) is 21.1 Å². The number of guanidine groups is 1. The van der Waals surface area contributed by atoms with E-state index in [2.05, 4.69) is 15.6 Å². The standard InChI is InChI=1S/C14H22ClN3O2.HI/c1-16-14(17-7-4-9-19-2)18-8-10-20-13-6-3-5-12(15)11-13;/h3,5-6,11H,4,7-10H2,1-2H3,(H2,16,17,18);1H. The highest BCUT2D eigenvalue weighted by Crippen LogP contribution is 2.16. The molecule has 0 atom stereocenters. The summed E-state index contributed by atoms with van der Waals surface area (Å²) in [5, 5.41) is 7.04. The van der Waals surface area contributed by atoms with Gasteiger partial charge < -0.3 is 20.1 Å². The first-order valence-electron chi connectivity index (χ1n) is 6.58. The van der Waals surface area contributed by atoms with Crippen molar-refractivity contribution in [3.8, 4) is 5.75 Å². The van der Waals surface area contributed by atoms with Crippen molar-refractivity contribution >= 4 is 41.5 Å². The number of hydrogen-bond acceptors (Lipinski definition) is 3. The van der Waals surface area contributed by atoms with E-state index in [1.54, 1.807) is 20.2 Å². The second-order valence-electron chi connectivity index (χ2n) is 4.08. The van der Waals surface area contributed by atoms with E-state index < -0.39 is 0 Å². The van der Waals surface area contributed by atoms with Gasteiger partial charge in [-0.3, -0.25) is 4.99 Å². The minimum atomic E-state index is 0. The first kappa shape index (κ1) is 20.3. The number of aliphatic imine (C=N–C) groups is 1. The number of halogens is 2. The Morgan fingerprint density at radius 3 is 2.67 bits per heavy atom. The third-order valence-corrected chi connectivity index (χ3v) is 2.74. The molecule has 0 unspecified atom stereocenters. The predicted molar refractivity (Wildman–Crippen MR) is 98.2 cm³/mol. The van der Waals surface area contributed by atoms with Gasteiger partial charge in [-0.25, -0.2) is 0 Å². The monoisotopic (exact) mass is 427 g/mol. The summed E-state index contributed by atoms with van der Waals surface area (Å²) < 4.78 is 10.6. The minimum Gasteiger partial charge on any atom is -0.492 e. The summed E-state index contributed by atoms with van der Waals surface area (Å²) in [5.74, 6) is 1.53. The van der Waals surface area contributed by atoms with Crippen LogP contribution in [0, 0.1) is 0 Å². The van der Waals surface area contributed by atoms with Crippen molar-refractivity contribution < 1.29 is 9.47 Å². The smallest absolute Gasteiger partial charge is 0.191 e. The quantitative estimate of drug-likeness (QED) is 0.290. The number of ether oxygens (including phenoxy) is 2. The summed E-state index contributed by atoms with van der Waals surface area (Å²) in [6, 6.07) is 7.35. The van der Waals surface area contributed by atoms with Gasteiger partial charge in [0.25, 0.3) is 0 Å². The lowest BCUT2D eigenvalue weighted by Crippen LogP contribution is -2.39. The highest BCUT2D eigenvalue weighted by molar-refractivity contribution is 14.0. The number of benzene rings is 1. The molecular weight excluding hydrogens is 405 g/mol. The van der Waals surface area contributed by atoms with Gasteiger partial charge in [-0.05, 0) is 24.6 Å². The molecule has 21 heavy (non-hydrogen) atoms. The molecule has 0 aromatic heterocycles. The molecule has 0 spiro atoms. The molecule has 0 fully saturated rings. The van der Waals surface area contributed by atoms with Crippen LogP contribution in [0.3, 0.4) is 0 Å². The van der Waals surface area contributed by atoms with Crippen LogP contribution in [0.15, 0.2) is 29.3 Å². The van der Waals surface area contributed by atoms with Crippen LogP contribution in [0.1, 0.15) is 6.42 Å². The van der Waals surface area contributed by atoms with Crippen molar-refractivity contribution in [3.63, 3.8) is 0 Å². The fraction of sp³-hybridized carbons (Fsp3) is 0.500. The molecule has 2 N–H and O–H groups in total. The summed E-state index contributed by atoms with van der Waals surface area (Å²) in [5.41, 5.74) is 0. The van der Waals surface area contributed by atoms with Crippen molar-refractivity contribution in [2.24, 2.45) is 4.99 Å². The number of nitrogens with zero attached hydrogens (tertiary/aromatic N) is 1. The Labute approximate surface area is 148 Å². The molecule has 0 amide bonds. The van der Waals surface area contributed by atoms with Crippen LogP contribution < -0.4 is 15.4 Å². The number of rotatable bonds is 8. The fourth-order valence-corrected chi connectivity index (χ4v) is 1.72. The Hall–Kier alpha value is -0.730. The van der Waals surface area contributed by atoms with E-state index >= 15 is 0 Å². The predicted octanol–water partition coefficient (Wildman–Crippen LogP) is 2.54. The summed E-state index contributed by atoms with van der Waals surface area (Å²) in [6.07, 6.45) is 0.941. The average Bonchev–Trinajstić information content (AvgIpc) is 2.46. The molecule has 1 rings (SSSR count). The maximum atomic E-state index is 5.88. The van der Waals surface area contributed by atoms with Crippen LogP contribution in [0.25, 0.3) is 0 Å². The van der Waals surface area contributed by atoms with Gasteiger partial charge in [-0.1, -0.05) is 17.7 Å². The van der Waals surface area contributed by atoms with Crippen molar-refractivity contribution in [1.82, 2.24) is 10.6 Å². The molecule has 120 valence electrons. The van der Waals surface area contributed by atoms with E-state index in [9.17, 15) is 0 Å². The average molecular weight is 428 g/mol. The third-order valence-electron chi connectivity index (χ3n) is 2.50. The van der Waals surface area contributed by atoms with Gasteiger partial charge in [0, 0.05) is 32.3 Å². The maximum Gasteiger partial charge on any atom is 0.191 e. The van der Waals surface area contributed by atoms with Crippen LogP contribution in [0.4, 0.5) is 0 Å². The summed E-state index contributed by atoms with van der Waals surface area (Å²) in [6.45, 7) is 2.76. The zero-order chi connectivity index (χ0) is 14.6. The Bertz CT molecular complexity index is 419. The van der Waals surface area contributed by atoms with Gasteiger partial charge in [0.2, 0.25) is 0 Å². The van der Waals surface area contributed by atoms with E-state index in [1.807, 2.05) is 18.2 Å². The molecule has 0 aliphatic carbocycles. The number of nitrogens with one attached hydrogen (secondary N) is 2. The van der Waals surface area contributed by atoms with Gasteiger partial charge in [0.05, 0.1) is 6.54 Å². The van der Waals surface area contributed by atoms with E-state index in [0.717, 1.165) is 31.3 Å². The Balaban J connectivity index is 0.00000400. The zero-order valence-corrected chi connectivity index (χ0v) is 15.5. The Morgan fingerprint density at radius 1 is 1.24 bits per heavy atom. The molecule has 0 radical (unpaired) electrons. The topological polar surface area (TPSA) is 54.9 Å². The molecule has 0 bridgehead atoms. The lowest BCUT2D eigenvalue weighted by Gasteiger charge is -2.12. The molecule has 1 aromatic carbocycles. The summed E-state index contributed by atoms with van der Waals surface area (Å²) in [7, 11) is 3.43. The Kier molecular flexibility index (Phi) is 12.5. The minimum absolute atomic E-state index is 0. The van der Waals surface area contributed by atoms with Crippen molar-refractivity contribution in [2.75, 3.05) is 40.5 Å². The highest BCUT2D eigenvalue weighted by atomic mass is 127. The summed E-state index contributed by atoms with van der Waals surface area (Å²) in [4.78, 5) is 4.12. The fourth-order valence-electron chi connectivity index (χ4n) is 1.54. The van der Waals surface area contributed by atoms with Gasteiger partial charge in [0.1, 0.15) is 12.4 Å². The normalized spacial score (nSPS) is 10.7. The van der Waals surface area contributed by atoms with Gasteiger partial charge in [0.15, 0.2) is 5.96 Å². The van der Waals surface area contributed by atoms with Crippen molar-refractivity contribution in [2.45, 2.75) is 6.42 Å². The molecule has 0 saturated heterocycles. The zero-order valence-electron chi connectivity index (χ0n) is 12.4. The Morgan fingerprint density at radius 2 is 2.00 bits per heavy atom. The molecule has 0 aliphatic heterocycles. The van der Waals surface area contributed by atoms with Gasteiger partial charge in [-0.15, -0.1) is 24.0 Å². The van der Waals surface area contributed by atoms with Crippen molar-refractivity contribution in [3.05, 3.63) is 29.3 Å². The third kappa shape index (κ3) is 9.76. The first-order valence-corrected chi connectivity index (χ1v) is 6.96. The van der Waals surface area contributed by atoms with Crippen LogP contribution >= 0.6 is 35.6 Å². The number of methoxy groups -OCH3 is 1.